The van der Waals surface area contributed by atoms with E-state index in [-0.39, 0.29) is 0 Å². The summed E-state index contributed by atoms with van der Waals surface area (Å²) in [7, 11) is 0. The van der Waals surface area contributed by atoms with Gasteiger partial charge in [0.05, 0.1) is 44.1 Å². The van der Waals surface area contributed by atoms with Crippen LogP contribution in [0.4, 0.5) is 0 Å². The van der Waals surface area contributed by atoms with E-state index < -0.39 is 0 Å². The molecule has 58 heavy (non-hydrogen) atoms. The molecule has 0 N–H and O–H groups in total. The lowest BCUT2D eigenvalue weighted by atomic mass is 10.1. The van der Waals surface area contributed by atoms with Gasteiger partial charge in [-0.1, -0.05) is 97.1 Å². The monoisotopic (exact) mass is 739 g/mol. The van der Waals surface area contributed by atoms with Crippen LogP contribution in [0.2, 0.25) is 0 Å². The van der Waals surface area contributed by atoms with Crippen molar-refractivity contribution in [1.82, 2.24) is 23.3 Å². The first-order chi connectivity index (χ1) is 28.8. The van der Waals surface area contributed by atoms with Crippen LogP contribution >= 0.6 is 0 Å². The van der Waals surface area contributed by atoms with Gasteiger partial charge < -0.3 is 18.3 Å². The topological polar surface area (TPSA) is 32.6 Å². The lowest BCUT2D eigenvalue weighted by molar-refractivity contribution is 1.16. The average Bonchev–Trinajstić information content (AvgIpc) is 4.01. The van der Waals surface area contributed by atoms with Crippen LogP contribution < -0.4 is 0 Å². The summed E-state index contributed by atoms with van der Waals surface area (Å²) in [6, 6.07) is 68.4. The molecule has 5 aromatic heterocycles. The fraction of sp³-hybridized carbons (Fsp3) is 0. The second-order valence-corrected chi connectivity index (χ2v) is 15.2. The maximum atomic E-state index is 4.60. The minimum atomic E-state index is 1.12. The summed E-state index contributed by atoms with van der Waals surface area (Å²) in [5.74, 6) is 0. The number of hydrogen-bond acceptors (Lipinski definition) is 1. The van der Waals surface area contributed by atoms with Crippen LogP contribution in [-0.4, -0.2) is 23.3 Å². The second-order valence-electron chi connectivity index (χ2n) is 15.2. The molecule has 13 rings (SSSR count). The van der Waals surface area contributed by atoms with Gasteiger partial charge in [0.2, 0.25) is 0 Å². The number of hydrogen-bond donors (Lipinski definition) is 0. The standard InChI is InChI=1S/C53H33N5/c1-3-13-34(14-4-1)55-45-20-10-8-18-39(45)42-31-36(23-26-48(42)55)57-47-22-12-9-19-41(47)52-51(57)28-25-40-38-17-7-11-21-46(38)58(53(40)52)37-24-27-49-43(32-37)44-33-54-30-29-50(44)56(49)35-15-5-2-6-16-35/h1-33H. The molecule has 270 valence electrons. The predicted molar refractivity (Wildman–Crippen MR) is 242 cm³/mol. The highest BCUT2D eigenvalue weighted by atomic mass is 15.0. The van der Waals surface area contributed by atoms with Gasteiger partial charge in [-0.25, -0.2) is 0 Å². The summed E-state index contributed by atoms with van der Waals surface area (Å²) in [6.07, 6.45) is 3.90. The molecule has 13 aromatic rings. The van der Waals surface area contributed by atoms with Gasteiger partial charge in [0.1, 0.15) is 0 Å². The molecule has 8 aromatic carbocycles. The summed E-state index contributed by atoms with van der Waals surface area (Å²) >= 11 is 0. The Morgan fingerprint density at radius 3 is 1.38 bits per heavy atom. The zero-order valence-corrected chi connectivity index (χ0v) is 31.3. The molecule has 5 heteroatoms. The Morgan fingerprint density at radius 2 is 0.724 bits per heavy atom. The van der Waals surface area contributed by atoms with Crippen LogP contribution in [0.15, 0.2) is 200 Å². The molecule has 0 aliphatic heterocycles. The third kappa shape index (κ3) is 4.22. The van der Waals surface area contributed by atoms with E-state index in [0.717, 1.165) is 39.2 Å². The Bertz CT molecular complexity index is 3790. The van der Waals surface area contributed by atoms with E-state index in [1.54, 1.807) is 0 Å². The number of para-hydroxylation sites is 5. The van der Waals surface area contributed by atoms with Crippen molar-refractivity contribution < 1.29 is 0 Å². The zero-order chi connectivity index (χ0) is 37.9. The first-order valence-corrected chi connectivity index (χ1v) is 19.8. The molecule has 0 amide bonds. The maximum Gasteiger partial charge on any atom is 0.0641 e. The van der Waals surface area contributed by atoms with Crippen molar-refractivity contribution in [2.45, 2.75) is 0 Å². The van der Waals surface area contributed by atoms with Gasteiger partial charge in [-0.2, -0.15) is 0 Å². The normalized spacial score (nSPS) is 12.1. The van der Waals surface area contributed by atoms with Crippen molar-refractivity contribution >= 4 is 87.2 Å². The fourth-order valence-corrected chi connectivity index (χ4v) is 9.86. The molecule has 0 radical (unpaired) electrons. The Labute approximate surface area is 332 Å². The van der Waals surface area contributed by atoms with Gasteiger partial charge in [0, 0.05) is 78.2 Å². The lowest BCUT2D eigenvalue weighted by Gasteiger charge is -2.12. The highest BCUT2D eigenvalue weighted by Gasteiger charge is 2.23. The van der Waals surface area contributed by atoms with E-state index in [1.807, 2.05) is 12.4 Å². The van der Waals surface area contributed by atoms with Crippen LogP contribution in [0, 0.1) is 0 Å². The van der Waals surface area contributed by atoms with Crippen LogP contribution in [0.3, 0.4) is 0 Å². The summed E-state index contributed by atoms with van der Waals surface area (Å²) in [5.41, 5.74) is 14.0. The third-order valence-corrected chi connectivity index (χ3v) is 12.2. The van der Waals surface area contributed by atoms with Gasteiger partial charge in [0.25, 0.3) is 0 Å². The van der Waals surface area contributed by atoms with Crippen LogP contribution in [0.5, 0.6) is 0 Å². The van der Waals surface area contributed by atoms with E-state index in [0.29, 0.717) is 0 Å². The average molecular weight is 740 g/mol. The first kappa shape index (κ1) is 31.3. The Hall–Kier alpha value is -7.89. The molecule has 0 saturated carbocycles. The first-order valence-electron chi connectivity index (χ1n) is 19.8. The summed E-state index contributed by atoms with van der Waals surface area (Å²) < 4.78 is 9.68. The van der Waals surface area contributed by atoms with E-state index >= 15 is 0 Å². The molecule has 0 fully saturated rings. The molecule has 0 saturated heterocycles. The van der Waals surface area contributed by atoms with Crippen molar-refractivity contribution in [1.29, 1.82) is 0 Å². The van der Waals surface area contributed by atoms with Gasteiger partial charge in [-0.15, -0.1) is 0 Å². The molecule has 0 aliphatic rings. The molecule has 0 unspecified atom stereocenters. The summed E-state index contributed by atoms with van der Waals surface area (Å²) in [6.45, 7) is 0. The second kappa shape index (κ2) is 11.8. The molecule has 5 nitrogen and oxygen atoms in total. The number of benzene rings is 8. The van der Waals surface area contributed by atoms with Crippen molar-refractivity contribution in [3.63, 3.8) is 0 Å². The molecule has 0 atom stereocenters. The smallest absolute Gasteiger partial charge is 0.0641 e. The largest absolute Gasteiger partial charge is 0.309 e. The molecule has 0 bridgehead atoms. The van der Waals surface area contributed by atoms with Crippen molar-refractivity contribution in [3.05, 3.63) is 200 Å². The summed E-state index contributed by atoms with van der Waals surface area (Å²) in [4.78, 5) is 4.60. The SMILES string of the molecule is c1ccc(-n2c3ccccc3c3cc(-n4c5ccccc5c5c4ccc4c6ccccc6n(-c6ccc7c(c6)c6cnccc6n7-c6ccccc6)c45)ccc32)cc1. The number of rotatable bonds is 4. The van der Waals surface area contributed by atoms with Crippen molar-refractivity contribution in [2.75, 3.05) is 0 Å². The van der Waals surface area contributed by atoms with Crippen molar-refractivity contribution in [3.8, 4) is 22.7 Å². The lowest BCUT2D eigenvalue weighted by Crippen LogP contribution is -1.97. The molecule has 5 heterocycles. The fourth-order valence-electron chi connectivity index (χ4n) is 9.86. The van der Waals surface area contributed by atoms with Gasteiger partial charge in [-0.05, 0) is 91.0 Å². The highest BCUT2D eigenvalue weighted by molar-refractivity contribution is 6.26. The van der Waals surface area contributed by atoms with E-state index in [2.05, 4.69) is 211 Å². The molecule has 0 aliphatic carbocycles. The van der Waals surface area contributed by atoms with Gasteiger partial charge in [-0.3, -0.25) is 4.98 Å². The van der Waals surface area contributed by atoms with E-state index in [9.17, 15) is 0 Å². The number of aromatic nitrogens is 5. The number of pyridine rings is 1. The molecule has 0 spiro atoms. The Balaban J connectivity index is 1.11. The molecular formula is C53H33N5. The van der Waals surface area contributed by atoms with Gasteiger partial charge in [0.15, 0.2) is 0 Å². The zero-order valence-electron chi connectivity index (χ0n) is 31.3. The van der Waals surface area contributed by atoms with Crippen LogP contribution in [0.25, 0.3) is 110 Å². The summed E-state index contributed by atoms with van der Waals surface area (Å²) in [5, 5.41) is 9.72. The van der Waals surface area contributed by atoms with Crippen LogP contribution in [-0.2, 0) is 0 Å². The third-order valence-electron chi connectivity index (χ3n) is 12.2. The Kier molecular flexibility index (Phi) is 6.38. The molecular weight excluding hydrogens is 707 g/mol. The van der Waals surface area contributed by atoms with Crippen molar-refractivity contribution in [2.24, 2.45) is 0 Å². The quantitative estimate of drug-likeness (QED) is 0.177. The van der Waals surface area contributed by atoms with E-state index in [1.165, 1.54) is 70.8 Å². The highest BCUT2D eigenvalue weighted by Crippen LogP contribution is 2.44. The Morgan fingerprint density at radius 1 is 0.276 bits per heavy atom. The van der Waals surface area contributed by atoms with Crippen LogP contribution in [0.1, 0.15) is 0 Å². The maximum absolute atomic E-state index is 4.60. The van der Waals surface area contributed by atoms with E-state index in [4.69, 9.17) is 0 Å². The predicted octanol–water partition coefficient (Wildman–Crippen LogP) is 13.5. The minimum Gasteiger partial charge on any atom is -0.309 e. The minimum absolute atomic E-state index is 1.12. The van der Waals surface area contributed by atoms with Gasteiger partial charge >= 0.3 is 0 Å². The number of fused-ring (bicyclic) bond motifs is 13. The number of nitrogens with zero attached hydrogens (tertiary/aromatic N) is 5.